The summed E-state index contributed by atoms with van der Waals surface area (Å²) in [4.78, 5) is 35.9. The Morgan fingerprint density at radius 2 is 2.03 bits per heavy atom. The highest BCUT2D eigenvalue weighted by Gasteiger charge is 2.26. The van der Waals surface area contributed by atoms with Gasteiger partial charge in [-0.05, 0) is 47.2 Å². The summed E-state index contributed by atoms with van der Waals surface area (Å²) >= 11 is 2.90. The maximum atomic E-state index is 13.5. The number of imidazole rings is 1. The SMILES string of the molecule is CC[C@H](C)[C@@H](CO)NC(=O)c1c(-c2ccsc2)nc2c(C(=O)NCc3ccc4nc(N)sc4c3)cccn12. The third kappa shape index (κ3) is 5.00. The molecular weight excluding hydrogens is 520 g/mol. The van der Waals surface area contributed by atoms with Gasteiger partial charge in [-0.2, -0.15) is 11.3 Å². The van der Waals surface area contributed by atoms with Gasteiger partial charge in [-0.3, -0.25) is 14.0 Å². The Morgan fingerprint density at radius 3 is 2.76 bits per heavy atom. The number of thiophene rings is 1. The van der Waals surface area contributed by atoms with Crippen LogP contribution in [0.1, 0.15) is 46.7 Å². The highest BCUT2D eigenvalue weighted by molar-refractivity contribution is 7.22. The number of rotatable bonds is 9. The lowest BCUT2D eigenvalue weighted by atomic mass is 9.99. The van der Waals surface area contributed by atoms with E-state index in [1.807, 2.05) is 48.9 Å². The molecule has 5 rings (SSSR count). The minimum Gasteiger partial charge on any atom is -0.394 e. The second-order valence-electron chi connectivity index (χ2n) is 9.12. The Labute approximate surface area is 227 Å². The van der Waals surface area contributed by atoms with Gasteiger partial charge >= 0.3 is 0 Å². The van der Waals surface area contributed by atoms with Gasteiger partial charge in [0.15, 0.2) is 10.8 Å². The molecule has 0 saturated heterocycles. The smallest absolute Gasteiger partial charge is 0.270 e. The number of aliphatic hydroxyl groups is 1. The van der Waals surface area contributed by atoms with Gasteiger partial charge in [0.05, 0.1) is 28.4 Å². The average molecular weight is 549 g/mol. The quantitative estimate of drug-likeness (QED) is 0.217. The number of amides is 2. The second-order valence-corrected chi connectivity index (χ2v) is 11.0. The van der Waals surface area contributed by atoms with Crippen LogP contribution < -0.4 is 16.4 Å². The van der Waals surface area contributed by atoms with Crippen molar-refractivity contribution in [1.29, 1.82) is 0 Å². The molecule has 0 spiro atoms. The van der Waals surface area contributed by atoms with Crippen molar-refractivity contribution in [1.82, 2.24) is 25.0 Å². The molecule has 9 nitrogen and oxygen atoms in total. The average Bonchev–Trinajstić information content (AvgIpc) is 3.66. The highest BCUT2D eigenvalue weighted by Crippen LogP contribution is 2.28. The molecule has 11 heteroatoms. The van der Waals surface area contributed by atoms with E-state index < -0.39 is 6.04 Å². The standard InChI is InChI=1S/C27H28N6O3S2/c1-3-15(2)20(13-34)30-26(36)23-22(17-8-10-37-14-17)32-24-18(5-4-9-33(23)24)25(35)29-12-16-6-7-19-21(11-16)38-27(28)31-19/h4-11,14-15,20,34H,3,12-13H2,1-2H3,(H2,28,31)(H,29,35)(H,30,36)/t15-,20+/m0/s1. The molecular formula is C27H28N6O3S2. The third-order valence-corrected chi connectivity index (χ3v) is 8.20. The summed E-state index contributed by atoms with van der Waals surface area (Å²) < 4.78 is 2.60. The number of pyridine rings is 1. The van der Waals surface area contributed by atoms with Gasteiger partial charge < -0.3 is 21.5 Å². The lowest BCUT2D eigenvalue weighted by Crippen LogP contribution is -2.42. The molecule has 5 aromatic rings. The van der Waals surface area contributed by atoms with Crippen LogP contribution in [0, 0.1) is 5.92 Å². The molecule has 0 aliphatic carbocycles. The van der Waals surface area contributed by atoms with Crippen molar-refractivity contribution in [2.45, 2.75) is 32.9 Å². The predicted octanol–water partition coefficient (Wildman–Crippen LogP) is 4.32. The van der Waals surface area contributed by atoms with E-state index in [4.69, 9.17) is 10.7 Å². The number of aromatic nitrogens is 3. The molecule has 0 fully saturated rings. The number of benzene rings is 1. The molecule has 0 unspecified atom stereocenters. The summed E-state index contributed by atoms with van der Waals surface area (Å²) in [6, 6.07) is 10.7. The minimum absolute atomic E-state index is 0.0923. The Balaban J connectivity index is 1.47. The number of nitrogens with two attached hydrogens (primary N) is 1. The van der Waals surface area contributed by atoms with Crippen LogP contribution in [0.3, 0.4) is 0 Å². The maximum Gasteiger partial charge on any atom is 0.270 e. The molecule has 0 aliphatic rings. The number of nitrogens with zero attached hydrogens (tertiary/aromatic N) is 3. The number of hydrogen-bond donors (Lipinski definition) is 4. The Morgan fingerprint density at radius 1 is 1.18 bits per heavy atom. The highest BCUT2D eigenvalue weighted by atomic mass is 32.1. The number of nitrogen functional groups attached to an aromatic ring is 1. The number of carbonyl (C=O) groups is 2. The molecule has 0 bridgehead atoms. The van der Waals surface area contributed by atoms with Crippen LogP contribution in [0.4, 0.5) is 5.13 Å². The minimum atomic E-state index is -0.397. The number of fused-ring (bicyclic) bond motifs is 2. The van der Waals surface area contributed by atoms with Gasteiger partial charge in [-0.1, -0.05) is 37.7 Å². The van der Waals surface area contributed by atoms with Crippen molar-refractivity contribution in [2.24, 2.45) is 5.92 Å². The number of thiazole rings is 1. The lowest BCUT2D eigenvalue weighted by molar-refractivity contribution is 0.0884. The van der Waals surface area contributed by atoms with E-state index in [0.717, 1.165) is 27.8 Å². The van der Waals surface area contributed by atoms with E-state index in [-0.39, 0.29) is 24.3 Å². The van der Waals surface area contributed by atoms with Crippen LogP contribution in [-0.4, -0.2) is 43.9 Å². The van der Waals surface area contributed by atoms with Crippen LogP contribution in [0.2, 0.25) is 0 Å². The Kier molecular flexibility index (Phi) is 7.41. The van der Waals surface area contributed by atoms with E-state index in [0.29, 0.717) is 34.3 Å². The number of nitrogens with one attached hydrogen (secondary N) is 2. The van der Waals surface area contributed by atoms with E-state index in [1.54, 1.807) is 22.7 Å². The van der Waals surface area contributed by atoms with Crippen molar-refractivity contribution < 1.29 is 14.7 Å². The van der Waals surface area contributed by atoms with E-state index in [2.05, 4.69) is 15.6 Å². The first kappa shape index (κ1) is 25.8. The molecule has 0 aliphatic heterocycles. The Bertz CT molecular complexity index is 1610. The van der Waals surface area contributed by atoms with Crippen LogP contribution in [0.5, 0.6) is 0 Å². The molecule has 0 saturated carbocycles. The van der Waals surface area contributed by atoms with E-state index >= 15 is 0 Å². The van der Waals surface area contributed by atoms with Crippen molar-refractivity contribution in [3.05, 3.63) is 70.2 Å². The molecule has 2 amide bonds. The number of aliphatic hydroxyl groups excluding tert-OH is 1. The van der Waals surface area contributed by atoms with Gasteiger partial charge in [0, 0.05) is 23.7 Å². The molecule has 4 aromatic heterocycles. The van der Waals surface area contributed by atoms with Gasteiger partial charge in [0.2, 0.25) is 0 Å². The summed E-state index contributed by atoms with van der Waals surface area (Å²) in [5, 5.41) is 20.1. The molecule has 5 N–H and O–H groups in total. The fraction of sp³-hybridized carbons (Fsp3) is 0.259. The fourth-order valence-electron chi connectivity index (χ4n) is 4.33. The number of anilines is 1. The van der Waals surface area contributed by atoms with Gasteiger partial charge in [-0.25, -0.2) is 9.97 Å². The predicted molar refractivity (Wildman–Crippen MR) is 152 cm³/mol. The van der Waals surface area contributed by atoms with Crippen molar-refractivity contribution in [3.8, 4) is 11.3 Å². The monoisotopic (exact) mass is 548 g/mol. The molecule has 1 aromatic carbocycles. The van der Waals surface area contributed by atoms with Crippen molar-refractivity contribution >= 4 is 55.5 Å². The van der Waals surface area contributed by atoms with E-state index in [1.165, 1.54) is 22.7 Å². The zero-order chi connectivity index (χ0) is 26.8. The van der Waals surface area contributed by atoms with Crippen LogP contribution in [0.15, 0.2) is 53.4 Å². The van der Waals surface area contributed by atoms with Crippen LogP contribution in [-0.2, 0) is 6.54 Å². The zero-order valence-corrected chi connectivity index (χ0v) is 22.6. The normalized spacial score (nSPS) is 13.0. The first-order chi connectivity index (χ1) is 18.4. The molecule has 196 valence electrons. The first-order valence-electron chi connectivity index (χ1n) is 12.3. The molecule has 0 radical (unpaired) electrons. The van der Waals surface area contributed by atoms with Crippen LogP contribution in [0.25, 0.3) is 27.1 Å². The van der Waals surface area contributed by atoms with E-state index in [9.17, 15) is 14.7 Å². The van der Waals surface area contributed by atoms with Crippen LogP contribution >= 0.6 is 22.7 Å². The van der Waals surface area contributed by atoms with Gasteiger partial charge in [-0.15, -0.1) is 0 Å². The third-order valence-electron chi connectivity index (χ3n) is 6.67. The summed E-state index contributed by atoms with van der Waals surface area (Å²) in [5.74, 6) is -0.566. The van der Waals surface area contributed by atoms with Gasteiger partial charge in [0.1, 0.15) is 11.4 Å². The maximum absolute atomic E-state index is 13.5. The van der Waals surface area contributed by atoms with Gasteiger partial charge in [0.25, 0.3) is 11.8 Å². The number of carbonyl (C=O) groups excluding carboxylic acids is 2. The first-order valence-corrected chi connectivity index (χ1v) is 14.0. The largest absolute Gasteiger partial charge is 0.394 e. The zero-order valence-electron chi connectivity index (χ0n) is 21.0. The Hall–Kier alpha value is -3.80. The molecule has 2 atom stereocenters. The number of hydrogen-bond acceptors (Lipinski definition) is 8. The molecule has 38 heavy (non-hydrogen) atoms. The topological polar surface area (TPSA) is 135 Å². The fourth-order valence-corrected chi connectivity index (χ4v) is 5.76. The molecule has 4 heterocycles. The van der Waals surface area contributed by atoms with Crippen molar-refractivity contribution in [2.75, 3.05) is 12.3 Å². The summed E-state index contributed by atoms with van der Waals surface area (Å²) in [6.07, 6.45) is 2.53. The van der Waals surface area contributed by atoms with Crippen molar-refractivity contribution in [3.63, 3.8) is 0 Å². The lowest BCUT2D eigenvalue weighted by Gasteiger charge is -2.22. The summed E-state index contributed by atoms with van der Waals surface area (Å²) in [6.45, 7) is 4.14. The summed E-state index contributed by atoms with van der Waals surface area (Å²) in [7, 11) is 0. The summed E-state index contributed by atoms with van der Waals surface area (Å²) in [5.41, 5.74) is 9.88. The second kappa shape index (κ2) is 10.9.